The Kier molecular flexibility index (Phi) is 4.97. The van der Waals surface area contributed by atoms with Crippen molar-refractivity contribution >= 4 is 27.3 Å². The van der Waals surface area contributed by atoms with Gasteiger partial charge in [0.15, 0.2) is 0 Å². The first-order valence-corrected chi connectivity index (χ1v) is 9.41. The normalized spacial score (nSPS) is 15.3. The van der Waals surface area contributed by atoms with E-state index in [0.717, 1.165) is 24.3 Å². The topological polar surface area (TPSA) is 37.4 Å². The van der Waals surface area contributed by atoms with Gasteiger partial charge in [0.2, 0.25) is 10.0 Å². The Morgan fingerprint density at radius 3 is 2.60 bits per heavy atom. The molecule has 3 nitrogen and oxygen atoms in total. The highest BCUT2D eigenvalue weighted by atomic mass is 35.5. The van der Waals surface area contributed by atoms with E-state index in [4.69, 9.17) is 11.6 Å². The van der Waals surface area contributed by atoms with Crippen molar-refractivity contribution in [2.24, 2.45) is 5.92 Å². The lowest BCUT2D eigenvalue weighted by Crippen LogP contribution is -2.30. The van der Waals surface area contributed by atoms with Crippen LogP contribution in [0.4, 0.5) is 5.69 Å². The summed E-state index contributed by atoms with van der Waals surface area (Å²) in [5.74, 6) is 0.898. The number of sulfonamides is 1. The second-order valence-electron chi connectivity index (χ2n) is 5.51. The first-order chi connectivity index (χ1) is 9.43. The van der Waals surface area contributed by atoms with E-state index in [0.29, 0.717) is 17.3 Å². The Hall–Kier alpha value is -0.740. The second kappa shape index (κ2) is 6.35. The molecule has 0 amide bonds. The van der Waals surface area contributed by atoms with Crippen molar-refractivity contribution < 1.29 is 8.42 Å². The number of nitrogens with zero attached hydrogens (tertiary/aromatic N) is 1. The van der Waals surface area contributed by atoms with E-state index < -0.39 is 10.0 Å². The monoisotopic (exact) mass is 315 g/mol. The van der Waals surface area contributed by atoms with Crippen LogP contribution in [0, 0.1) is 5.92 Å². The van der Waals surface area contributed by atoms with Crippen molar-refractivity contribution in [1.29, 1.82) is 0 Å². The van der Waals surface area contributed by atoms with Crippen molar-refractivity contribution in [3.8, 4) is 0 Å². The first-order valence-electron chi connectivity index (χ1n) is 7.18. The minimum Gasteiger partial charge on any atom is -0.269 e. The number of halogens is 1. The van der Waals surface area contributed by atoms with Gasteiger partial charge >= 0.3 is 0 Å². The van der Waals surface area contributed by atoms with Gasteiger partial charge in [0, 0.05) is 6.54 Å². The summed E-state index contributed by atoms with van der Waals surface area (Å²) in [7, 11) is -3.29. The van der Waals surface area contributed by atoms with Gasteiger partial charge in [0.25, 0.3) is 0 Å². The number of hydrogen-bond donors (Lipinski definition) is 0. The third-order valence-corrected chi connectivity index (χ3v) is 5.31. The van der Waals surface area contributed by atoms with Crippen LogP contribution >= 0.6 is 11.6 Å². The van der Waals surface area contributed by atoms with Crippen LogP contribution in [-0.2, 0) is 16.4 Å². The zero-order chi connectivity index (χ0) is 14.8. The lowest BCUT2D eigenvalue weighted by molar-refractivity contribution is 0.597. The van der Waals surface area contributed by atoms with Gasteiger partial charge < -0.3 is 0 Å². The first kappa shape index (κ1) is 15.6. The third-order valence-electron chi connectivity index (χ3n) is 3.76. The summed E-state index contributed by atoms with van der Waals surface area (Å²) < 4.78 is 25.3. The van der Waals surface area contributed by atoms with Crippen LogP contribution in [0.5, 0.6) is 0 Å². The number of anilines is 1. The van der Waals surface area contributed by atoms with E-state index in [2.05, 4.69) is 0 Å². The molecule has 112 valence electrons. The molecule has 1 aromatic rings. The maximum absolute atomic E-state index is 11.9. The fourth-order valence-corrected chi connectivity index (χ4v) is 3.95. The summed E-state index contributed by atoms with van der Waals surface area (Å²) in [5.41, 5.74) is 1.69. The Labute approximate surface area is 127 Å². The Morgan fingerprint density at radius 2 is 2.05 bits per heavy atom. The molecular weight excluding hydrogens is 294 g/mol. The molecule has 1 aliphatic carbocycles. The number of rotatable bonds is 7. The summed E-state index contributed by atoms with van der Waals surface area (Å²) in [5, 5.41) is 0.515. The average Bonchev–Trinajstić information content (AvgIpc) is 3.15. The molecule has 0 N–H and O–H groups in total. The van der Waals surface area contributed by atoms with Gasteiger partial charge in [0.05, 0.1) is 17.0 Å². The minimum absolute atomic E-state index is 0.401. The summed E-state index contributed by atoms with van der Waals surface area (Å²) >= 11 is 6.26. The lowest BCUT2D eigenvalue weighted by atomic mass is 10.0. The molecule has 20 heavy (non-hydrogen) atoms. The fourth-order valence-electron chi connectivity index (χ4n) is 2.59. The van der Waals surface area contributed by atoms with Crippen LogP contribution in [0.25, 0.3) is 0 Å². The van der Waals surface area contributed by atoms with E-state index in [1.807, 2.05) is 19.1 Å². The zero-order valence-corrected chi connectivity index (χ0v) is 13.7. The summed E-state index contributed by atoms with van der Waals surface area (Å²) in [6.07, 6.45) is 7.15. The summed E-state index contributed by atoms with van der Waals surface area (Å²) in [4.78, 5) is 0. The van der Waals surface area contributed by atoms with Gasteiger partial charge in [-0.05, 0) is 37.3 Å². The van der Waals surface area contributed by atoms with E-state index in [1.54, 1.807) is 6.07 Å². The number of benzene rings is 1. The Bertz CT molecular complexity index is 567. The van der Waals surface area contributed by atoms with Crippen molar-refractivity contribution in [3.63, 3.8) is 0 Å². The van der Waals surface area contributed by atoms with Crippen molar-refractivity contribution in [1.82, 2.24) is 0 Å². The number of aryl methyl sites for hydroxylation is 1. The average molecular weight is 316 g/mol. The molecule has 0 heterocycles. The van der Waals surface area contributed by atoms with Gasteiger partial charge in [-0.1, -0.05) is 43.0 Å². The molecule has 0 spiro atoms. The van der Waals surface area contributed by atoms with Gasteiger partial charge in [0.1, 0.15) is 0 Å². The molecule has 1 saturated carbocycles. The van der Waals surface area contributed by atoms with Crippen molar-refractivity contribution in [2.75, 3.05) is 17.1 Å². The second-order valence-corrected chi connectivity index (χ2v) is 7.82. The van der Waals surface area contributed by atoms with Crippen LogP contribution < -0.4 is 4.31 Å². The van der Waals surface area contributed by atoms with Crippen LogP contribution in [-0.4, -0.2) is 21.2 Å². The smallest absolute Gasteiger partial charge is 0.232 e. The third kappa shape index (κ3) is 3.89. The lowest BCUT2D eigenvalue weighted by Gasteiger charge is -2.24. The number of hydrogen-bond acceptors (Lipinski definition) is 2. The Morgan fingerprint density at radius 1 is 1.35 bits per heavy atom. The quantitative estimate of drug-likeness (QED) is 0.766. The maximum Gasteiger partial charge on any atom is 0.232 e. The van der Waals surface area contributed by atoms with Crippen LogP contribution in [0.15, 0.2) is 18.2 Å². The highest BCUT2D eigenvalue weighted by Crippen LogP contribution is 2.36. The zero-order valence-electron chi connectivity index (χ0n) is 12.1. The van der Waals surface area contributed by atoms with Gasteiger partial charge in [-0.15, -0.1) is 0 Å². The Balaban J connectivity index is 2.24. The molecule has 0 saturated heterocycles. The van der Waals surface area contributed by atoms with Gasteiger partial charge in [-0.25, -0.2) is 8.42 Å². The van der Waals surface area contributed by atoms with Crippen LogP contribution in [0.2, 0.25) is 5.02 Å². The molecular formula is C15H22ClNO2S. The van der Waals surface area contributed by atoms with Crippen molar-refractivity contribution in [2.45, 2.75) is 39.0 Å². The highest BCUT2D eigenvalue weighted by molar-refractivity contribution is 7.92. The standard InChI is InChI=1S/C15H22ClNO2S/c1-3-17(20(2,18)19)15-13(8-5-9-14(15)16)7-4-6-12-10-11-12/h5,8-9,12H,3-4,6-7,10-11H2,1-2H3. The van der Waals surface area contributed by atoms with E-state index in [1.165, 1.54) is 29.8 Å². The molecule has 1 aliphatic rings. The fraction of sp³-hybridized carbons (Fsp3) is 0.600. The minimum atomic E-state index is -3.29. The van der Waals surface area contributed by atoms with E-state index in [9.17, 15) is 8.42 Å². The van der Waals surface area contributed by atoms with Gasteiger partial charge in [-0.2, -0.15) is 0 Å². The number of para-hydroxylation sites is 1. The SMILES string of the molecule is CCN(c1c(Cl)cccc1CCCC1CC1)S(C)(=O)=O. The van der Waals surface area contributed by atoms with Gasteiger partial charge in [-0.3, -0.25) is 4.31 Å². The molecule has 0 aliphatic heterocycles. The molecule has 1 aromatic carbocycles. The summed E-state index contributed by atoms with van der Waals surface area (Å²) in [6, 6.07) is 5.64. The largest absolute Gasteiger partial charge is 0.269 e. The van der Waals surface area contributed by atoms with Crippen LogP contribution in [0.1, 0.15) is 38.2 Å². The predicted octanol–water partition coefficient (Wildman–Crippen LogP) is 3.86. The van der Waals surface area contributed by atoms with Crippen molar-refractivity contribution in [3.05, 3.63) is 28.8 Å². The molecule has 0 unspecified atom stereocenters. The molecule has 5 heteroatoms. The molecule has 0 aromatic heterocycles. The summed E-state index contributed by atoms with van der Waals surface area (Å²) in [6.45, 7) is 2.23. The molecule has 0 bridgehead atoms. The molecule has 0 radical (unpaired) electrons. The van der Waals surface area contributed by atoms with E-state index >= 15 is 0 Å². The maximum atomic E-state index is 11.9. The predicted molar refractivity (Wildman–Crippen MR) is 85.0 cm³/mol. The molecule has 2 rings (SSSR count). The highest BCUT2D eigenvalue weighted by Gasteiger charge is 2.23. The molecule has 1 fully saturated rings. The van der Waals surface area contributed by atoms with Crippen LogP contribution in [0.3, 0.4) is 0 Å². The van der Waals surface area contributed by atoms with E-state index in [-0.39, 0.29) is 0 Å². The molecule has 0 atom stereocenters.